The van der Waals surface area contributed by atoms with Crippen molar-refractivity contribution in [2.45, 2.75) is 45.4 Å². The number of aryl methyl sites for hydroxylation is 1. The van der Waals surface area contributed by atoms with Crippen molar-refractivity contribution in [2.75, 3.05) is 26.6 Å². The van der Waals surface area contributed by atoms with E-state index in [4.69, 9.17) is 14.2 Å². The van der Waals surface area contributed by atoms with E-state index in [0.717, 1.165) is 49.0 Å². The highest BCUT2D eigenvalue weighted by Gasteiger charge is 2.25. The Morgan fingerprint density at radius 2 is 1.75 bits per heavy atom. The van der Waals surface area contributed by atoms with E-state index in [9.17, 15) is 4.79 Å². The second kappa shape index (κ2) is 8.99. The number of methoxy groups -OCH3 is 3. The molecule has 1 aliphatic rings. The zero-order valence-corrected chi connectivity index (χ0v) is 17.1. The van der Waals surface area contributed by atoms with Gasteiger partial charge in [0.25, 0.3) is 0 Å². The fraction of sp³-hybridized carbons (Fsp3) is 0.524. The molecule has 0 saturated heterocycles. The lowest BCUT2D eigenvalue weighted by atomic mass is 9.88. The third-order valence-electron chi connectivity index (χ3n) is 5.36. The Balaban J connectivity index is 1.99. The molecule has 7 heteroatoms. The first-order valence-electron chi connectivity index (χ1n) is 9.81. The number of benzene rings is 1. The molecule has 0 atom stereocenters. The summed E-state index contributed by atoms with van der Waals surface area (Å²) in [6.45, 7) is 2.03. The molecule has 152 valence electrons. The summed E-state index contributed by atoms with van der Waals surface area (Å²) < 4.78 is 16.3. The zero-order chi connectivity index (χ0) is 20.1. The van der Waals surface area contributed by atoms with Crippen molar-refractivity contribution in [3.8, 4) is 28.5 Å². The van der Waals surface area contributed by atoms with Gasteiger partial charge in [-0.1, -0.05) is 26.2 Å². The number of anilines is 1. The van der Waals surface area contributed by atoms with Crippen LogP contribution in [0.1, 0.15) is 44.7 Å². The maximum atomic E-state index is 12.8. The van der Waals surface area contributed by atoms with Gasteiger partial charge in [0.05, 0.1) is 32.7 Å². The molecule has 3 rings (SSSR count). The number of hydrogen-bond acceptors (Lipinski definition) is 5. The summed E-state index contributed by atoms with van der Waals surface area (Å²) in [7, 11) is 4.73. The first-order chi connectivity index (χ1) is 13.6. The van der Waals surface area contributed by atoms with Crippen LogP contribution in [0.15, 0.2) is 12.1 Å². The molecule has 1 aromatic carbocycles. The number of ether oxygens (including phenoxy) is 3. The van der Waals surface area contributed by atoms with Crippen LogP contribution in [0.2, 0.25) is 0 Å². The Morgan fingerprint density at radius 3 is 2.29 bits per heavy atom. The minimum Gasteiger partial charge on any atom is -0.493 e. The van der Waals surface area contributed by atoms with E-state index >= 15 is 0 Å². The molecule has 1 aliphatic carbocycles. The zero-order valence-electron chi connectivity index (χ0n) is 17.1. The van der Waals surface area contributed by atoms with Crippen LogP contribution in [0.5, 0.6) is 17.2 Å². The van der Waals surface area contributed by atoms with Crippen LogP contribution in [0.4, 0.5) is 5.69 Å². The summed E-state index contributed by atoms with van der Waals surface area (Å²) in [5.74, 6) is 1.75. The van der Waals surface area contributed by atoms with Crippen LogP contribution in [-0.4, -0.2) is 37.4 Å². The molecule has 2 N–H and O–H groups in total. The van der Waals surface area contributed by atoms with Crippen molar-refractivity contribution in [1.29, 1.82) is 0 Å². The SMILES string of the molecule is CCc1[nH]nc(-c2cc(OC)c(OC)c(OC)c2)c1NC(=O)C1CCCCC1. The molecular formula is C21H29N3O4. The maximum absolute atomic E-state index is 12.8. The molecule has 0 aliphatic heterocycles. The van der Waals surface area contributed by atoms with Gasteiger partial charge in [-0.25, -0.2) is 0 Å². The van der Waals surface area contributed by atoms with Crippen LogP contribution < -0.4 is 19.5 Å². The monoisotopic (exact) mass is 387 g/mol. The third kappa shape index (κ3) is 3.93. The van der Waals surface area contributed by atoms with Crippen LogP contribution in [0, 0.1) is 5.92 Å². The van der Waals surface area contributed by atoms with Gasteiger partial charge >= 0.3 is 0 Å². The highest BCUT2D eigenvalue weighted by molar-refractivity contribution is 5.97. The van der Waals surface area contributed by atoms with Gasteiger partial charge in [0, 0.05) is 11.5 Å². The van der Waals surface area contributed by atoms with Gasteiger partial charge in [0.1, 0.15) is 5.69 Å². The predicted molar refractivity (Wildman–Crippen MR) is 108 cm³/mol. The van der Waals surface area contributed by atoms with Crippen LogP contribution in [0.3, 0.4) is 0 Å². The van der Waals surface area contributed by atoms with Gasteiger partial charge in [-0.15, -0.1) is 0 Å². The molecule has 1 aromatic heterocycles. The molecule has 1 saturated carbocycles. The highest BCUT2D eigenvalue weighted by atomic mass is 16.5. The van der Waals surface area contributed by atoms with Crippen molar-refractivity contribution in [3.05, 3.63) is 17.8 Å². The number of hydrogen-bond donors (Lipinski definition) is 2. The summed E-state index contributed by atoms with van der Waals surface area (Å²) in [4.78, 5) is 12.8. The van der Waals surface area contributed by atoms with Crippen molar-refractivity contribution in [3.63, 3.8) is 0 Å². The van der Waals surface area contributed by atoms with Gasteiger partial charge in [-0.05, 0) is 31.4 Å². The summed E-state index contributed by atoms with van der Waals surface area (Å²) >= 11 is 0. The second-order valence-corrected chi connectivity index (χ2v) is 7.02. The topological polar surface area (TPSA) is 85.5 Å². The standard InChI is InChI=1S/C21H29N3O4/c1-5-15-19(22-21(25)13-9-7-6-8-10-13)18(24-23-15)14-11-16(26-2)20(28-4)17(12-14)27-3/h11-13H,5-10H2,1-4H3,(H,22,25)(H,23,24). The second-order valence-electron chi connectivity index (χ2n) is 7.02. The van der Waals surface area contributed by atoms with Crippen molar-refractivity contribution in [2.24, 2.45) is 5.92 Å². The van der Waals surface area contributed by atoms with Crippen molar-refractivity contribution < 1.29 is 19.0 Å². The van der Waals surface area contributed by atoms with Crippen molar-refractivity contribution >= 4 is 11.6 Å². The van der Waals surface area contributed by atoms with E-state index < -0.39 is 0 Å². The fourth-order valence-corrected chi connectivity index (χ4v) is 3.79. The minimum atomic E-state index is 0.0705. The van der Waals surface area contributed by atoms with E-state index in [-0.39, 0.29) is 11.8 Å². The molecule has 1 fully saturated rings. The largest absolute Gasteiger partial charge is 0.493 e. The van der Waals surface area contributed by atoms with E-state index in [2.05, 4.69) is 15.5 Å². The summed E-state index contributed by atoms with van der Waals surface area (Å²) in [5.41, 5.74) is 3.07. The molecule has 0 spiro atoms. The molecule has 1 heterocycles. The molecule has 1 amide bonds. The molecule has 0 bridgehead atoms. The number of aromatic nitrogens is 2. The summed E-state index contributed by atoms with van der Waals surface area (Å²) in [6.07, 6.45) is 6.08. The van der Waals surface area contributed by atoms with Crippen LogP contribution in [0.25, 0.3) is 11.3 Å². The Kier molecular flexibility index (Phi) is 6.44. The molecule has 7 nitrogen and oxygen atoms in total. The van der Waals surface area contributed by atoms with Gasteiger partial charge in [-0.3, -0.25) is 9.89 Å². The lowest BCUT2D eigenvalue weighted by Crippen LogP contribution is -2.25. The Labute approximate surface area is 165 Å². The fourth-order valence-electron chi connectivity index (χ4n) is 3.79. The number of aromatic amines is 1. The average molecular weight is 387 g/mol. The molecule has 2 aromatic rings. The predicted octanol–water partition coefficient (Wildman–Crippen LogP) is 4.18. The third-order valence-corrected chi connectivity index (χ3v) is 5.36. The van der Waals surface area contributed by atoms with Gasteiger partial charge in [0.2, 0.25) is 11.7 Å². The Morgan fingerprint density at radius 1 is 1.11 bits per heavy atom. The van der Waals surface area contributed by atoms with Crippen LogP contribution >= 0.6 is 0 Å². The number of carbonyl (C=O) groups is 1. The summed E-state index contributed by atoms with van der Waals surface area (Å²) in [6, 6.07) is 3.68. The van der Waals surface area contributed by atoms with Gasteiger partial charge in [-0.2, -0.15) is 5.10 Å². The van der Waals surface area contributed by atoms with Gasteiger partial charge in [0.15, 0.2) is 11.5 Å². The Hall–Kier alpha value is -2.70. The molecule has 0 radical (unpaired) electrons. The highest BCUT2D eigenvalue weighted by Crippen LogP contribution is 2.42. The van der Waals surface area contributed by atoms with E-state index in [1.54, 1.807) is 21.3 Å². The first kappa shape index (κ1) is 20.0. The van der Waals surface area contributed by atoms with E-state index in [0.29, 0.717) is 22.9 Å². The maximum Gasteiger partial charge on any atom is 0.227 e. The lowest BCUT2D eigenvalue weighted by molar-refractivity contribution is -0.120. The number of carbonyl (C=O) groups excluding carboxylic acids is 1. The van der Waals surface area contributed by atoms with E-state index in [1.165, 1.54) is 6.42 Å². The number of nitrogens with zero attached hydrogens (tertiary/aromatic N) is 1. The van der Waals surface area contributed by atoms with Crippen molar-refractivity contribution in [1.82, 2.24) is 10.2 Å². The summed E-state index contributed by atoms with van der Waals surface area (Å²) in [5, 5.41) is 10.7. The molecule has 0 unspecified atom stereocenters. The molecular weight excluding hydrogens is 358 g/mol. The van der Waals surface area contributed by atoms with Crippen LogP contribution in [-0.2, 0) is 11.2 Å². The smallest absolute Gasteiger partial charge is 0.227 e. The normalized spacial score (nSPS) is 14.6. The van der Waals surface area contributed by atoms with Gasteiger partial charge < -0.3 is 19.5 Å². The number of H-pyrrole nitrogens is 1. The molecule has 28 heavy (non-hydrogen) atoms. The lowest BCUT2D eigenvalue weighted by Gasteiger charge is -2.21. The van der Waals surface area contributed by atoms with E-state index in [1.807, 2.05) is 19.1 Å². The minimum absolute atomic E-state index is 0.0705. The number of nitrogens with one attached hydrogen (secondary N) is 2. The average Bonchev–Trinajstić information content (AvgIpc) is 3.15. The Bertz CT molecular complexity index is 800. The number of rotatable bonds is 7. The quantitative estimate of drug-likeness (QED) is 0.744. The first-order valence-corrected chi connectivity index (χ1v) is 9.81. The number of amides is 1.